The topological polar surface area (TPSA) is 109 Å². The molecule has 1 N–H and O–H groups in total. The highest BCUT2D eigenvalue weighted by molar-refractivity contribution is 6.02. The lowest BCUT2D eigenvalue weighted by atomic mass is 10.1. The monoisotopic (exact) mass is 488 g/mol. The maximum Gasteiger partial charge on any atom is 0.471 e. The molecule has 0 aliphatic carbocycles. The molecule has 0 bridgehead atoms. The lowest BCUT2D eigenvalue weighted by molar-refractivity contribution is -0.384. The Morgan fingerprint density at radius 3 is 2.23 bits per heavy atom. The van der Waals surface area contributed by atoms with Crippen LogP contribution < -0.4 is 10.2 Å². The lowest BCUT2D eigenvalue weighted by Crippen LogP contribution is -2.52. The Labute approximate surface area is 196 Å². The molecule has 4 rings (SSSR count). The molecule has 0 saturated carbocycles. The number of carbonyl (C=O) groups is 2. The molecule has 35 heavy (non-hydrogen) atoms. The Balaban J connectivity index is 1.37. The third-order valence-corrected chi connectivity index (χ3v) is 5.50. The predicted molar refractivity (Wildman–Crippen MR) is 120 cm³/mol. The summed E-state index contributed by atoms with van der Waals surface area (Å²) in [7, 11) is 0. The summed E-state index contributed by atoms with van der Waals surface area (Å²) >= 11 is 0. The van der Waals surface area contributed by atoms with Crippen molar-refractivity contribution in [2.24, 2.45) is 0 Å². The molecule has 0 radical (unpaired) electrons. The largest absolute Gasteiger partial charge is 0.471 e. The van der Waals surface area contributed by atoms with Gasteiger partial charge in [-0.1, -0.05) is 12.1 Å². The summed E-state index contributed by atoms with van der Waals surface area (Å²) in [5.74, 6) is -2.24. The predicted octanol–water partition coefficient (Wildman–Crippen LogP) is 4.32. The van der Waals surface area contributed by atoms with E-state index in [1.165, 1.54) is 30.3 Å². The maximum absolute atomic E-state index is 12.6. The molecule has 0 atom stereocenters. The van der Waals surface area contributed by atoms with Crippen molar-refractivity contribution in [2.45, 2.75) is 6.18 Å². The van der Waals surface area contributed by atoms with Gasteiger partial charge in [0.05, 0.1) is 10.5 Å². The average Bonchev–Trinajstić information content (AvgIpc) is 3.34. The summed E-state index contributed by atoms with van der Waals surface area (Å²) in [5.41, 5.74) is 1.29. The van der Waals surface area contributed by atoms with Crippen LogP contribution >= 0.6 is 0 Å². The van der Waals surface area contributed by atoms with Crippen LogP contribution in [0.3, 0.4) is 0 Å². The summed E-state index contributed by atoms with van der Waals surface area (Å²) in [4.78, 5) is 37.2. The van der Waals surface area contributed by atoms with E-state index in [9.17, 15) is 32.9 Å². The van der Waals surface area contributed by atoms with Gasteiger partial charge in [-0.15, -0.1) is 0 Å². The number of alkyl halides is 3. The normalized spacial score (nSPS) is 14.0. The Morgan fingerprint density at radius 2 is 1.60 bits per heavy atom. The molecule has 0 unspecified atom stereocenters. The zero-order chi connectivity index (χ0) is 25.2. The summed E-state index contributed by atoms with van der Waals surface area (Å²) < 4.78 is 43.3. The van der Waals surface area contributed by atoms with E-state index in [-0.39, 0.29) is 49.0 Å². The van der Waals surface area contributed by atoms with E-state index in [1.807, 2.05) is 4.90 Å². The van der Waals surface area contributed by atoms with Crippen LogP contribution in [-0.2, 0) is 4.79 Å². The molecule has 1 aliphatic heterocycles. The van der Waals surface area contributed by atoms with Gasteiger partial charge in [0, 0.05) is 43.6 Å². The van der Waals surface area contributed by atoms with E-state index in [2.05, 4.69) is 5.32 Å². The SMILES string of the molecule is O=C(Nc1ccc(N2CCN(C(=O)C(F)(F)F)CC2)cc1)c1ccc(-c2ccccc2[N+](=O)[O-])o1. The molecule has 1 aromatic heterocycles. The molecule has 1 aliphatic rings. The van der Waals surface area contributed by atoms with Crippen molar-refractivity contribution in [3.8, 4) is 11.3 Å². The summed E-state index contributed by atoms with van der Waals surface area (Å²) in [5, 5.41) is 13.9. The number of rotatable bonds is 5. The van der Waals surface area contributed by atoms with Crippen LogP contribution in [0.25, 0.3) is 11.3 Å². The summed E-state index contributed by atoms with van der Waals surface area (Å²) in [6.07, 6.45) is -4.88. The van der Waals surface area contributed by atoms with Crippen LogP contribution in [0.1, 0.15) is 10.6 Å². The van der Waals surface area contributed by atoms with E-state index in [1.54, 1.807) is 30.3 Å². The first-order chi connectivity index (χ1) is 16.6. The van der Waals surface area contributed by atoms with E-state index in [0.717, 1.165) is 10.6 Å². The molecular formula is C23H19F3N4O5. The van der Waals surface area contributed by atoms with Crippen LogP contribution in [0.4, 0.5) is 30.2 Å². The van der Waals surface area contributed by atoms with E-state index >= 15 is 0 Å². The molecule has 12 heteroatoms. The van der Waals surface area contributed by atoms with E-state index < -0.39 is 22.9 Å². The summed E-state index contributed by atoms with van der Waals surface area (Å²) in [6, 6.07) is 15.6. The number of nitro groups is 1. The fourth-order valence-electron chi connectivity index (χ4n) is 3.74. The summed E-state index contributed by atoms with van der Waals surface area (Å²) in [6.45, 7) is 0.400. The molecular weight excluding hydrogens is 469 g/mol. The number of nitrogens with zero attached hydrogens (tertiary/aromatic N) is 3. The number of carbonyl (C=O) groups excluding carboxylic acids is 2. The molecule has 0 spiro atoms. The molecule has 2 amide bonds. The second kappa shape index (κ2) is 9.49. The van der Waals surface area contributed by atoms with Crippen LogP contribution in [0, 0.1) is 10.1 Å². The molecule has 2 heterocycles. The molecule has 9 nitrogen and oxygen atoms in total. The number of piperazine rings is 1. The Hall–Kier alpha value is -4.35. The van der Waals surface area contributed by atoms with Crippen LogP contribution in [0.5, 0.6) is 0 Å². The number of nitrogens with one attached hydrogen (secondary N) is 1. The molecule has 182 valence electrons. The highest BCUT2D eigenvalue weighted by Gasteiger charge is 2.43. The number of halogens is 3. The van der Waals surface area contributed by atoms with Crippen molar-refractivity contribution in [1.29, 1.82) is 0 Å². The zero-order valence-electron chi connectivity index (χ0n) is 18.1. The van der Waals surface area contributed by atoms with Crippen molar-refractivity contribution in [3.63, 3.8) is 0 Å². The Kier molecular flexibility index (Phi) is 6.45. The maximum atomic E-state index is 12.6. The Morgan fingerprint density at radius 1 is 0.943 bits per heavy atom. The highest BCUT2D eigenvalue weighted by Crippen LogP contribution is 2.31. The molecule has 1 saturated heterocycles. The van der Waals surface area contributed by atoms with Crippen molar-refractivity contribution < 1.29 is 32.1 Å². The fraction of sp³-hybridized carbons (Fsp3) is 0.217. The van der Waals surface area contributed by atoms with Crippen molar-refractivity contribution in [2.75, 3.05) is 36.4 Å². The number of amides is 2. The van der Waals surface area contributed by atoms with Gasteiger partial charge < -0.3 is 19.5 Å². The van der Waals surface area contributed by atoms with Gasteiger partial charge in [-0.25, -0.2) is 0 Å². The van der Waals surface area contributed by atoms with E-state index in [4.69, 9.17) is 4.42 Å². The van der Waals surface area contributed by atoms with E-state index in [0.29, 0.717) is 5.69 Å². The van der Waals surface area contributed by atoms with Crippen LogP contribution in [0.15, 0.2) is 65.1 Å². The van der Waals surface area contributed by atoms with Gasteiger partial charge in [-0.05, 0) is 42.5 Å². The van der Waals surface area contributed by atoms with Crippen molar-refractivity contribution >= 4 is 28.9 Å². The zero-order valence-corrected chi connectivity index (χ0v) is 18.1. The number of para-hydroxylation sites is 1. The number of hydrogen-bond donors (Lipinski definition) is 1. The average molecular weight is 488 g/mol. The number of furan rings is 1. The van der Waals surface area contributed by atoms with Crippen LogP contribution in [0.2, 0.25) is 0 Å². The Bertz CT molecular complexity index is 1250. The van der Waals surface area contributed by atoms with Gasteiger partial charge in [0.25, 0.3) is 11.6 Å². The first-order valence-corrected chi connectivity index (χ1v) is 10.5. The third-order valence-electron chi connectivity index (χ3n) is 5.50. The van der Waals surface area contributed by atoms with Gasteiger partial charge in [0.2, 0.25) is 0 Å². The number of anilines is 2. The quantitative estimate of drug-likeness (QED) is 0.423. The van der Waals surface area contributed by atoms with Crippen LogP contribution in [-0.4, -0.2) is 54.0 Å². The van der Waals surface area contributed by atoms with Gasteiger partial charge >= 0.3 is 12.1 Å². The van der Waals surface area contributed by atoms with Gasteiger partial charge in [0.15, 0.2) is 5.76 Å². The first-order valence-electron chi connectivity index (χ1n) is 10.5. The minimum atomic E-state index is -4.88. The van der Waals surface area contributed by atoms with Gasteiger partial charge in [-0.2, -0.15) is 13.2 Å². The third kappa shape index (κ3) is 5.26. The lowest BCUT2D eigenvalue weighted by Gasteiger charge is -2.36. The number of benzene rings is 2. The fourth-order valence-corrected chi connectivity index (χ4v) is 3.74. The molecule has 1 fully saturated rings. The smallest absolute Gasteiger partial charge is 0.451 e. The molecule has 3 aromatic rings. The van der Waals surface area contributed by atoms with Crippen molar-refractivity contribution in [1.82, 2.24) is 4.90 Å². The second-order valence-electron chi connectivity index (χ2n) is 7.72. The first kappa shape index (κ1) is 23.8. The molecule has 2 aromatic carbocycles. The van der Waals surface area contributed by atoms with Gasteiger partial charge in [-0.3, -0.25) is 19.7 Å². The minimum Gasteiger partial charge on any atom is -0.451 e. The second-order valence-corrected chi connectivity index (χ2v) is 7.72. The number of nitro benzene ring substituents is 1. The van der Waals surface area contributed by atoms with Gasteiger partial charge in [0.1, 0.15) is 5.76 Å². The van der Waals surface area contributed by atoms with Crippen molar-refractivity contribution in [3.05, 3.63) is 76.5 Å². The highest BCUT2D eigenvalue weighted by atomic mass is 19.4. The standard InChI is InChI=1S/C23H19F3N4O5/c24-23(25,26)22(32)29-13-11-28(12-14-29)16-7-5-15(6-8-16)27-21(31)20-10-9-19(35-20)17-3-1-2-4-18(17)30(33)34/h1-10H,11-14H2,(H,27,31). The minimum absolute atomic E-state index is 0.0346. The number of hydrogen-bond acceptors (Lipinski definition) is 6.